The van der Waals surface area contributed by atoms with Crippen LogP contribution in [0.5, 0.6) is 5.75 Å². The summed E-state index contributed by atoms with van der Waals surface area (Å²) in [5.41, 5.74) is -0.103. The Kier molecular flexibility index (Phi) is 3.93. The van der Waals surface area contributed by atoms with Crippen LogP contribution in [-0.4, -0.2) is 28.2 Å². The molecule has 1 unspecified atom stereocenters. The first-order valence-electron chi connectivity index (χ1n) is 4.80. The molecule has 0 spiro atoms. The van der Waals surface area contributed by atoms with Crippen molar-refractivity contribution in [1.29, 1.82) is 0 Å². The second-order valence-electron chi connectivity index (χ2n) is 3.59. The van der Waals surface area contributed by atoms with E-state index in [9.17, 15) is 23.1 Å². The summed E-state index contributed by atoms with van der Waals surface area (Å²) in [4.78, 5) is 15.1. The molecule has 2 N–H and O–H groups in total. The molecule has 1 aromatic heterocycles. The lowest BCUT2D eigenvalue weighted by atomic mass is 10.2. The van der Waals surface area contributed by atoms with Crippen LogP contribution in [0.25, 0.3) is 0 Å². The van der Waals surface area contributed by atoms with Crippen LogP contribution in [0.1, 0.15) is 23.7 Å². The highest BCUT2D eigenvalue weighted by Crippen LogP contribution is 2.22. The fraction of sp³-hybridized carbons (Fsp3) is 0.400. The number of halogens is 3. The van der Waals surface area contributed by atoms with E-state index >= 15 is 0 Å². The van der Waals surface area contributed by atoms with Crippen molar-refractivity contribution in [2.75, 3.05) is 0 Å². The van der Waals surface area contributed by atoms with Crippen LogP contribution < -0.4 is 5.32 Å². The summed E-state index contributed by atoms with van der Waals surface area (Å²) in [6.45, 7) is 1.24. The molecule has 4 nitrogen and oxygen atoms in total. The Bertz CT molecular complexity index is 407. The van der Waals surface area contributed by atoms with Crippen LogP contribution in [0.3, 0.4) is 0 Å². The third-order valence-electron chi connectivity index (χ3n) is 1.96. The van der Waals surface area contributed by atoms with Crippen LogP contribution in [0.15, 0.2) is 18.5 Å². The predicted octanol–water partition coefficient (Wildman–Crippen LogP) is 1.86. The molecule has 1 atom stereocenters. The molecule has 17 heavy (non-hydrogen) atoms. The van der Waals surface area contributed by atoms with Gasteiger partial charge in [0.2, 0.25) is 0 Å². The molecule has 0 saturated carbocycles. The van der Waals surface area contributed by atoms with E-state index in [1.54, 1.807) is 0 Å². The molecule has 1 aromatic rings. The Balaban J connectivity index is 2.64. The van der Waals surface area contributed by atoms with Gasteiger partial charge < -0.3 is 10.4 Å². The van der Waals surface area contributed by atoms with Gasteiger partial charge in [-0.05, 0) is 13.0 Å². The molecule has 0 aliphatic heterocycles. The van der Waals surface area contributed by atoms with E-state index in [2.05, 4.69) is 10.3 Å². The van der Waals surface area contributed by atoms with Gasteiger partial charge in [-0.25, -0.2) is 0 Å². The fourth-order valence-electron chi connectivity index (χ4n) is 1.28. The molecule has 1 amide bonds. The van der Waals surface area contributed by atoms with Crippen molar-refractivity contribution in [2.24, 2.45) is 0 Å². The summed E-state index contributed by atoms with van der Waals surface area (Å²) < 4.78 is 36.1. The third-order valence-corrected chi connectivity index (χ3v) is 1.96. The van der Waals surface area contributed by atoms with E-state index in [4.69, 9.17) is 0 Å². The van der Waals surface area contributed by atoms with Gasteiger partial charge in [0.05, 0.1) is 18.2 Å². The molecule has 0 aliphatic rings. The molecule has 1 rings (SSSR count). The Labute approximate surface area is 95.5 Å². The van der Waals surface area contributed by atoms with E-state index in [1.165, 1.54) is 19.2 Å². The maximum Gasteiger partial charge on any atom is 0.391 e. The minimum Gasteiger partial charge on any atom is -0.505 e. The van der Waals surface area contributed by atoms with Gasteiger partial charge in [-0.2, -0.15) is 13.2 Å². The highest BCUT2D eigenvalue weighted by Gasteiger charge is 2.30. The third kappa shape index (κ3) is 4.29. The predicted molar refractivity (Wildman–Crippen MR) is 53.5 cm³/mol. The molecule has 0 bridgehead atoms. The van der Waals surface area contributed by atoms with E-state index in [1.807, 2.05) is 0 Å². The average Bonchev–Trinajstić information content (AvgIpc) is 2.14. The van der Waals surface area contributed by atoms with Crippen molar-refractivity contribution in [3.63, 3.8) is 0 Å². The van der Waals surface area contributed by atoms with Crippen molar-refractivity contribution >= 4 is 5.91 Å². The number of amides is 1. The first-order chi connectivity index (χ1) is 7.79. The molecular formula is C10H11F3N2O2. The zero-order valence-electron chi connectivity index (χ0n) is 8.95. The lowest BCUT2D eigenvalue weighted by Crippen LogP contribution is -2.35. The van der Waals surface area contributed by atoms with Gasteiger partial charge in [-0.15, -0.1) is 0 Å². The normalized spacial score (nSPS) is 13.2. The zero-order valence-corrected chi connectivity index (χ0v) is 8.95. The smallest absolute Gasteiger partial charge is 0.391 e. The van der Waals surface area contributed by atoms with E-state index in [0.717, 1.165) is 6.20 Å². The summed E-state index contributed by atoms with van der Waals surface area (Å²) in [7, 11) is 0. The fourth-order valence-corrected chi connectivity index (χ4v) is 1.28. The molecular weight excluding hydrogens is 237 g/mol. The van der Waals surface area contributed by atoms with E-state index in [-0.39, 0.29) is 11.3 Å². The van der Waals surface area contributed by atoms with Crippen LogP contribution in [0.2, 0.25) is 0 Å². The second kappa shape index (κ2) is 5.03. The first kappa shape index (κ1) is 13.3. The topological polar surface area (TPSA) is 62.2 Å². The van der Waals surface area contributed by atoms with Crippen LogP contribution in [0.4, 0.5) is 13.2 Å². The molecule has 0 saturated heterocycles. The maximum absolute atomic E-state index is 12.0. The lowest BCUT2D eigenvalue weighted by molar-refractivity contribution is -0.138. The van der Waals surface area contributed by atoms with Gasteiger partial charge in [-0.3, -0.25) is 9.78 Å². The molecule has 94 valence electrons. The molecule has 0 fully saturated rings. The van der Waals surface area contributed by atoms with Gasteiger partial charge in [-0.1, -0.05) is 0 Å². The molecule has 1 heterocycles. The number of rotatable bonds is 3. The van der Waals surface area contributed by atoms with Crippen molar-refractivity contribution < 1.29 is 23.1 Å². The number of nitrogens with one attached hydrogen (secondary N) is 1. The van der Waals surface area contributed by atoms with Crippen LogP contribution >= 0.6 is 0 Å². The number of hydrogen-bond acceptors (Lipinski definition) is 3. The van der Waals surface area contributed by atoms with Gasteiger partial charge in [0, 0.05) is 12.2 Å². The van der Waals surface area contributed by atoms with E-state index < -0.39 is 24.5 Å². The Morgan fingerprint density at radius 2 is 2.24 bits per heavy atom. The summed E-state index contributed by atoms with van der Waals surface area (Å²) in [6.07, 6.45) is -3.15. The number of alkyl halides is 3. The second-order valence-corrected chi connectivity index (χ2v) is 3.59. The van der Waals surface area contributed by atoms with Crippen molar-refractivity contribution in [3.05, 3.63) is 24.0 Å². The Hall–Kier alpha value is -1.79. The number of aromatic nitrogens is 1. The standard InChI is InChI=1S/C10H11F3N2O2/c1-6(4-10(11,12)13)15-9(17)7-2-3-14-5-8(7)16/h2-3,5-6,16H,4H2,1H3,(H,15,17). The minimum absolute atomic E-state index is 0.103. The minimum atomic E-state index is -4.34. The molecule has 0 radical (unpaired) electrons. The van der Waals surface area contributed by atoms with Gasteiger partial charge in [0.15, 0.2) is 0 Å². The summed E-state index contributed by atoms with van der Waals surface area (Å²) in [5.74, 6) is -1.13. The van der Waals surface area contributed by atoms with Gasteiger partial charge in [0.25, 0.3) is 5.91 Å². The van der Waals surface area contributed by atoms with Crippen molar-refractivity contribution in [2.45, 2.75) is 25.6 Å². The Morgan fingerprint density at radius 3 is 2.76 bits per heavy atom. The monoisotopic (exact) mass is 248 g/mol. The van der Waals surface area contributed by atoms with Gasteiger partial charge in [0.1, 0.15) is 5.75 Å². The Morgan fingerprint density at radius 1 is 1.59 bits per heavy atom. The first-order valence-corrected chi connectivity index (χ1v) is 4.80. The summed E-state index contributed by atoms with van der Waals surface area (Å²) in [5, 5.41) is 11.4. The number of carbonyl (C=O) groups is 1. The maximum atomic E-state index is 12.0. The number of aromatic hydroxyl groups is 1. The number of carbonyl (C=O) groups excluding carboxylic acids is 1. The van der Waals surface area contributed by atoms with Crippen molar-refractivity contribution in [1.82, 2.24) is 10.3 Å². The molecule has 0 aromatic carbocycles. The number of pyridine rings is 1. The van der Waals surface area contributed by atoms with E-state index in [0.29, 0.717) is 0 Å². The number of nitrogens with zero attached hydrogens (tertiary/aromatic N) is 1. The molecule has 7 heteroatoms. The van der Waals surface area contributed by atoms with Crippen LogP contribution in [-0.2, 0) is 0 Å². The van der Waals surface area contributed by atoms with Crippen molar-refractivity contribution in [3.8, 4) is 5.75 Å². The SMILES string of the molecule is CC(CC(F)(F)F)NC(=O)c1ccncc1O. The lowest BCUT2D eigenvalue weighted by Gasteiger charge is -2.15. The summed E-state index contributed by atoms with van der Waals surface area (Å²) >= 11 is 0. The molecule has 0 aliphatic carbocycles. The quantitative estimate of drug-likeness (QED) is 0.858. The highest BCUT2D eigenvalue weighted by molar-refractivity contribution is 5.96. The average molecular weight is 248 g/mol. The largest absolute Gasteiger partial charge is 0.505 e. The van der Waals surface area contributed by atoms with Crippen LogP contribution in [0, 0.1) is 0 Å². The number of hydrogen-bond donors (Lipinski definition) is 2. The summed E-state index contributed by atoms with van der Waals surface area (Å²) in [6, 6.07) is 0.167. The highest BCUT2D eigenvalue weighted by atomic mass is 19.4. The van der Waals surface area contributed by atoms with Gasteiger partial charge >= 0.3 is 6.18 Å². The zero-order chi connectivity index (χ0) is 13.1.